The van der Waals surface area contributed by atoms with Crippen molar-refractivity contribution in [3.8, 4) is 23.3 Å². The van der Waals surface area contributed by atoms with Crippen LogP contribution in [-0.4, -0.2) is 26.2 Å². The minimum atomic E-state index is -0.546. The quantitative estimate of drug-likeness (QED) is 0.481. The van der Waals surface area contributed by atoms with Crippen molar-refractivity contribution >= 4 is 29.3 Å². The van der Waals surface area contributed by atoms with Crippen molar-refractivity contribution in [3.63, 3.8) is 0 Å². The van der Waals surface area contributed by atoms with Gasteiger partial charge in [-0.2, -0.15) is 5.26 Å². The first-order chi connectivity index (χ1) is 13.9. The Morgan fingerprint density at radius 1 is 1.28 bits per heavy atom. The van der Waals surface area contributed by atoms with Gasteiger partial charge in [-0.25, -0.2) is 0 Å². The molecule has 0 spiro atoms. The molecule has 0 saturated carbocycles. The van der Waals surface area contributed by atoms with Crippen molar-refractivity contribution in [2.75, 3.05) is 19.5 Å². The molecule has 0 aliphatic rings. The molecule has 0 heterocycles. The van der Waals surface area contributed by atoms with Crippen LogP contribution in [0, 0.1) is 11.3 Å². The van der Waals surface area contributed by atoms with Gasteiger partial charge >= 0.3 is 0 Å². The summed E-state index contributed by atoms with van der Waals surface area (Å²) < 4.78 is 16.3. The number of benzene rings is 2. The van der Waals surface area contributed by atoms with Crippen molar-refractivity contribution in [1.29, 1.82) is 5.26 Å². The van der Waals surface area contributed by atoms with Gasteiger partial charge in [-0.1, -0.05) is 24.6 Å². The summed E-state index contributed by atoms with van der Waals surface area (Å²) in [5.41, 5.74) is 0.977. The van der Waals surface area contributed by atoms with Crippen LogP contribution < -0.4 is 19.5 Å². The molecule has 0 fully saturated rings. The Balaban J connectivity index is 2.30. The lowest BCUT2D eigenvalue weighted by Crippen LogP contribution is -2.13. The fourth-order valence-corrected chi connectivity index (χ4v) is 2.70. The van der Waals surface area contributed by atoms with Gasteiger partial charge in [0, 0.05) is 11.8 Å². The number of nitrogens with zero attached hydrogens (tertiary/aromatic N) is 1. The second kappa shape index (κ2) is 10.4. The van der Waals surface area contributed by atoms with E-state index >= 15 is 0 Å². The topological polar surface area (TPSA) is 80.6 Å². The first-order valence-corrected chi connectivity index (χ1v) is 9.41. The largest absolute Gasteiger partial charge is 0.497 e. The lowest BCUT2D eigenvalue weighted by atomic mass is 10.1. The summed E-state index contributed by atoms with van der Waals surface area (Å²) in [4.78, 5) is 12.5. The monoisotopic (exact) mass is 414 g/mol. The van der Waals surface area contributed by atoms with Gasteiger partial charge in [0.25, 0.3) is 5.91 Å². The van der Waals surface area contributed by atoms with Gasteiger partial charge in [-0.05, 0) is 49.2 Å². The summed E-state index contributed by atoms with van der Waals surface area (Å²) in [6.45, 7) is 3.93. The maximum atomic E-state index is 12.5. The minimum absolute atomic E-state index is 0.0360. The Bertz CT molecular complexity index is 950. The van der Waals surface area contributed by atoms with E-state index in [-0.39, 0.29) is 11.7 Å². The summed E-state index contributed by atoms with van der Waals surface area (Å²) in [6, 6.07) is 12.1. The van der Waals surface area contributed by atoms with Gasteiger partial charge in [0.15, 0.2) is 11.5 Å². The predicted molar refractivity (Wildman–Crippen MR) is 114 cm³/mol. The number of hydrogen-bond acceptors (Lipinski definition) is 5. The average molecular weight is 415 g/mol. The number of rotatable bonds is 8. The molecule has 6 nitrogen and oxygen atoms in total. The summed E-state index contributed by atoms with van der Waals surface area (Å²) >= 11 is 6.35. The Labute approximate surface area is 175 Å². The van der Waals surface area contributed by atoms with Crippen LogP contribution in [0.2, 0.25) is 5.02 Å². The lowest BCUT2D eigenvalue weighted by Gasteiger charge is -2.17. The molecule has 152 valence electrons. The van der Waals surface area contributed by atoms with Crippen LogP contribution in [0.3, 0.4) is 0 Å². The van der Waals surface area contributed by atoms with Gasteiger partial charge in [0.1, 0.15) is 17.4 Å². The molecule has 0 aliphatic heterocycles. The van der Waals surface area contributed by atoms with Crippen molar-refractivity contribution in [1.82, 2.24) is 0 Å². The zero-order chi connectivity index (χ0) is 21.4. The van der Waals surface area contributed by atoms with Gasteiger partial charge in [-0.15, -0.1) is 0 Å². The normalized spacial score (nSPS) is 11.9. The Morgan fingerprint density at radius 2 is 2.03 bits per heavy atom. The Morgan fingerprint density at radius 3 is 2.66 bits per heavy atom. The van der Waals surface area contributed by atoms with E-state index < -0.39 is 5.91 Å². The maximum Gasteiger partial charge on any atom is 0.266 e. The van der Waals surface area contributed by atoms with Gasteiger partial charge in [0.05, 0.1) is 25.3 Å². The molecule has 2 aromatic rings. The molecule has 1 unspecified atom stereocenters. The summed E-state index contributed by atoms with van der Waals surface area (Å²) in [6.07, 6.45) is 2.22. The van der Waals surface area contributed by atoms with E-state index in [0.29, 0.717) is 33.5 Å². The molecule has 0 bridgehead atoms. The van der Waals surface area contributed by atoms with Gasteiger partial charge < -0.3 is 19.5 Å². The number of nitriles is 1. The van der Waals surface area contributed by atoms with Crippen LogP contribution in [0.4, 0.5) is 5.69 Å². The number of ether oxygens (including phenoxy) is 3. The van der Waals surface area contributed by atoms with Crippen LogP contribution in [0.25, 0.3) is 6.08 Å². The predicted octanol–water partition coefficient (Wildman–Crippen LogP) is 5.08. The third-order valence-electron chi connectivity index (χ3n) is 4.15. The third-order valence-corrected chi connectivity index (χ3v) is 4.43. The second-order valence-corrected chi connectivity index (χ2v) is 6.63. The minimum Gasteiger partial charge on any atom is -0.497 e. The van der Waals surface area contributed by atoms with E-state index in [1.165, 1.54) is 20.3 Å². The zero-order valence-electron chi connectivity index (χ0n) is 16.8. The first-order valence-electron chi connectivity index (χ1n) is 9.03. The van der Waals surface area contributed by atoms with E-state index in [9.17, 15) is 10.1 Å². The first kappa shape index (κ1) is 22.1. The SMILES string of the molecule is CCC(C)Oc1c(Cl)cc(/C=C(/C#N)C(=O)Nc2cccc(OC)c2)cc1OC. The van der Waals surface area contributed by atoms with Crippen molar-refractivity contribution in [2.24, 2.45) is 0 Å². The average Bonchev–Trinajstić information content (AvgIpc) is 2.73. The number of nitrogens with one attached hydrogen (secondary N) is 1. The highest BCUT2D eigenvalue weighted by atomic mass is 35.5. The fraction of sp³-hybridized carbons (Fsp3) is 0.273. The molecule has 0 radical (unpaired) electrons. The fourth-order valence-electron chi connectivity index (χ4n) is 2.44. The van der Waals surface area contributed by atoms with Crippen molar-refractivity contribution < 1.29 is 19.0 Å². The molecule has 0 saturated heterocycles. The van der Waals surface area contributed by atoms with Crippen LogP contribution in [-0.2, 0) is 4.79 Å². The molecule has 1 atom stereocenters. The van der Waals surface area contributed by atoms with E-state index in [1.54, 1.807) is 36.4 Å². The summed E-state index contributed by atoms with van der Waals surface area (Å²) in [5.74, 6) is 0.907. The number of halogens is 1. The molecule has 0 aliphatic carbocycles. The van der Waals surface area contributed by atoms with Crippen molar-refractivity contribution in [3.05, 3.63) is 52.6 Å². The molecule has 2 aromatic carbocycles. The smallest absolute Gasteiger partial charge is 0.266 e. The maximum absolute atomic E-state index is 12.5. The highest BCUT2D eigenvalue weighted by Crippen LogP contribution is 2.38. The molecule has 1 amide bonds. The van der Waals surface area contributed by atoms with Gasteiger partial charge in [0.2, 0.25) is 0 Å². The molecule has 0 aromatic heterocycles. The molecule has 2 rings (SSSR count). The molecule has 1 N–H and O–H groups in total. The van der Waals surface area contributed by atoms with Crippen LogP contribution >= 0.6 is 11.6 Å². The number of carbonyl (C=O) groups is 1. The van der Waals surface area contributed by atoms with E-state index in [2.05, 4.69) is 5.32 Å². The van der Waals surface area contributed by atoms with Crippen molar-refractivity contribution in [2.45, 2.75) is 26.4 Å². The number of hydrogen-bond donors (Lipinski definition) is 1. The molecule has 29 heavy (non-hydrogen) atoms. The van der Waals surface area contributed by atoms with Crippen LogP contribution in [0.5, 0.6) is 17.2 Å². The highest BCUT2D eigenvalue weighted by molar-refractivity contribution is 6.32. The third kappa shape index (κ3) is 5.90. The summed E-state index contributed by atoms with van der Waals surface area (Å²) in [7, 11) is 3.04. The number of anilines is 1. The molecular weight excluding hydrogens is 392 g/mol. The second-order valence-electron chi connectivity index (χ2n) is 6.23. The highest BCUT2D eigenvalue weighted by Gasteiger charge is 2.16. The van der Waals surface area contributed by atoms with Crippen LogP contribution in [0.15, 0.2) is 42.0 Å². The van der Waals surface area contributed by atoms with Gasteiger partial charge in [-0.3, -0.25) is 4.79 Å². The standard InChI is InChI=1S/C22H23ClN2O4/c1-5-14(2)29-21-19(23)10-15(11-20(21)28-4)9-16(13-24)22(26)25-17-7-6-8-18(12-17)27-3/h6-12,14H,5H2,1-4H3,(H,25,26)/b16-9-. The van der Waals surface area contributed by atoms with E-state index in [4.69, 9.17) is 25.8 Å². The van der Waals surface area contributed by atoms with Crippen LogP contribution in [0.1, 0.15) is 25.8 Å². The van der Waals surface area contributed by atoms with E-state index in [1.807, 2.05) is 19.9 Å². The van der Waals surface area contributed by atoms with E-state index in [0.717, 1.165) is 6.42 Å². The Kier molecular flexibility index (Phi) is 7.93. The summed E-state index contributed by atoms with van der Waals surface area (Å²) in [5, 5.41) is 12.5. The Hall–Kier alpha value is -3.17. The molecule has 7 heteroatoms. The number of methoxy groups -OCH3 is 2. The lowest BCUT2D eigenvalue weighted by molar-refractivity contribution is -0.112. The number of amides is 1. The molecular formula is C22H23ClN2O4. The number of carbonyl (C=O) groups excluding carboxylic acids is 1. The zero-order valence-corrected chi connectivity index (χ0v) is 17.5.